The number of amides is 1. The van der Waals surface area contributed by atoms with Gasteiger partial charge in [0.25, 0.3) is 0 Å². The van der Waals surface area contributed by atoms with Crippen LogP contribution in [-0.2, 0) is 14.9 Å². The van der Waals surface area contributed by atoms with Crippen molar-refractivity contribution in [2.75, 3.05) is 23.8 Å². The van der Waals surface area contributed by atoms with Gasteiger partial charge in [0.15, 0.2) is 5.65 Å². The molecule has 2 aliphatic heterocycles. The maximum atomic E-state index is 12.0. The molecule has 7 heteroatoms. The topological polar surface area (TPSA) is 80.5 Å². The highest BCUT2D eigenvalue weighted by Gasteiger charge is 2.38. The zero-order chi connectivity index (χ0) is 19.7. The number of aryl methyl sites for hydroxylation is 1. The predicted octanol–water partition coefficient (Wildman–Crippen LogP) is 3.81. The molecule has 5 rings (SSSR count). The second-order valence-electron chi connectivity index (χ2n) is 7.66. The highest BCUT2D eigenvalue weighted by atomic mass is 16.5. The largest absolute Gasteiger partial charge is 0.381 e. The Hall–Kier alpha value is -2.93. The minimum atomic E-state index is -0.494. The third kappa shape index (κ3) is 3.45. The molecule has 7 nitrogen and oxygen atoms in total. The molecular formula is C21H25N5O2. The van der Waals surface area contributed by atoms with Crippen LogP contribution in [0.1, 0.15) is 37.9 Å². The lowest BCUT2D eigenvalue weighted by atomic mass is 9.86. The summed E-state index contributed by atoms with van der Waals surface area (Å²) < 4.78 is 6.74. The van der Waals surface area contributed by atoms with Gasteiger partial charge in [0.05, 0.1) is 5.41 Å². The fourth-order valence-electron chi connectivity index (χ4n) is 3.40. The van der Waals surface area contributed by atoms with Gasteiger partial charge in [-0.25, -0.2) is 4.52 Å². The first kappa shape index (κ1) is 18.4. The van der Waals surface area contributed by atoms with Crippen molar-refractivity contribution in [3.8, 4) is 0 Å². The van der Waals surface area contributed by atoms with Crippen molar-refractivity contribution in [3.05, 3.63) is 47.7 Å². The van der Waals surface area contributed by atoms with Gasteiger partial charge in [0.2, 0.25) is 11.9 Å². The Bertz CT molecular complexity index is 1010. The molecule has 2 aromatic heterocycles. The molecule has 0 aliphatic carbocycles. The van der Waals surface area contributed by atoms with Crippen LogP contribution >= 0.6 is 0 Å². The summed E-state index contributed by atoms with van der Waals surface area (Å²) in [5.41, 5.74) is 4.01. The summed E-state index contributed by atoms with van der Waals surface area (Å²) in [6.07, 6.45) is 2.56. The number of carbonyl (C=O) groups is 1. The van der Waals surface area contributed by atoms with E-state index >= 15 is 0 Å². The monoisotopic (exact) mass is 379 g/mol. The Balaban J connectivity index is 0.000000336. The van der Waals surface area contributed by atoms with Crippen molar-refractivity contribution in [2.24, 2.45) is 0 Å². The van der Waals surface area contributed by atoms with Crippen LogP contribution in [0.25, 0.3) is 5.65 Å². The maximum Gasteiger partial charge on any atom is 0.247 e. The number of fused-ring (bicyclic) bond motifs is 2. The first-order valence-corrected chi connectivity index (χ1v) is 9.58. The first-order chi connectivity index (χ1) is 13.4. The van der Waals surface area contributed by atoms with Crippen LogP contribution in [0.5, 0.6) is 0 Å². The van der Waals surface area contributed by atoms with Gasteiger partial charge in [-0.3, -0.25) is 4.79 Å². The second kappa shape index (κ2) is 7.24. The van der Waals surface area contributed by atoms with Crippen LogP contribution in [0.15, 0.2) is 36.4 Å². The summed E-state index contributed by atoms with van der Waals surface area (Å²) in [6, 6.07) is 11.7. The molecule has 1 fully saturated rings. The third-order valence-corrected chi connectivity index (χ3v) is 5.14. The molecule has 1 amide bonds. The summed E-state index contributed by atoms with van der Waals surface area (Å²) >= 11 is 0. The fourth-order valence-corrected chi connectivity index (χ4v) is 3.40. The van der Waals surface area contributed by atoms with Gasteiger partial charge in [0, 0.05) is 30.3 Å². The van der Waals surface area contributed by atoms with Crippen molar-refractivity contribution in [2.45, 2.75) is 39.0 Å². The zero-order valence-electron chi connectivity index (χ0n) is 16.5. The quantitative estimate of drug-likeness (QED) is 0.708. The highest BCUT2D eigenvalue weighted by molar-refractivity contribution is 6.06. The van der Waals surface area contributed by atoms with E-state index in [1.165, 1.54) is 12.8 Å². The summed E-state index contributed by atoms with van der Waals surface area (Å²) in [5, 5.41) is 10.6. The fraction of sp³-hybridized carbons (Fsp3) is 0.381. The standard InChI is InChI=1S/C17H17N5O.C4H8O/c1-10-5-4-6-14-20-16(21-22(10)14)18-11-7-8-12-13(9-11)19-15(23)17(12,2)3;1-2-4-5-3-1/h4-9H,1-3H3,(H,18,21)(H,19,23);1-4H2. The number of aromatic nitrogens is 3. The van der Waals surface area contributed by atoms with Gasteiger partial charge in [-0.15, -0.1) is 5.10 Å². The Morgan fingerprint density at radius 1 is 1.18 bits per heavy atom. The SMILES string of the molecule is C1CCOC1.Cc1cccc2nc(Nc3ccc4c(c3)NC(=O)C4(C)C)nn12. The molecule has 2 aliphatic rings. The number of pyridine rings is 1. The number of anilines is 3. The van der Waals surface area contributed by atoms with E-state index in [4.69, 9.17) is 4.74 Å². The van der Waals surface area contributed by atoms with Crippen LogP contribution in [0, 0.1) is 6.92 Å². The van der Waals surface area contributed by atoms with Crippen molar-refractivity contribution < 1.29 is 9.53 Å². The van der Waals surface area contributed by atoms with Crippen molar-refractivity contribution in [1.29, 1.82) is 0 Å². The van der Waals surface area contributed by atoms with E-state index < -0.39 is 5.41 Å². The average Bonchev–Trinajstić information content (AvgIpc) is 3.38. The molecule has 2 N–H and O–H groups in total. The molecule has 0 spiro atoms. The molecule has 4 heterocycles. The molecule has 0 radical (unpaired) electrons. The number of nitrogens with one attached hydrogen (secondary N) is 2. The van der Waals surface area contributed by atoms with Crippen LogP contribution in [0.3, 0.4) is 0 Å². The minimum absolute atomic E-state index is 0.0196. The number of carbonyl (C=O) groups excluding carboxylic acids is 1. The van der Waals surface area contributed by atoms with Gasteiger partial charge >= 0.3 is 0 Å². The van der Waals surface area contributed by atoms with Gasteiger partial charge in [-0.1, -0.05) is 12.1 Å². The Labute approximate surface area is 164 Å². The van der Waals surface area contributed by atoms with Crippen LogP contribution in [0.2, 0.25) is 0 Å². The minimum Gasteiger partial charge on any atom is -0.381 e. The van der Waals surface area contributed by atoms with E-state index in [0.29, 0.717) is 5.95 Å². The molecule has 146 valence electrons. The molecule has 1 saturated heterocycles. The maximum absolute atomic E-state index is 12.0. The molecule has 1 aromatic carbocycles. The lowest BCUT2D eigenvalue weighted by molar-refractivity contribution is -0.119. The Kier molecular flexibility index (Phi) is 4.77. The lowest BCUT2D eigenvalue weighted by Gasteiger charge is -2.14. The summed E-state index contributed by atoms with van der Waals surface area (Å²) in [5.74, 6) is 0.550. The van der Waals surface area contributed by atoms with E-state index in [-0.39, 0.29) is 5.91 Å². The molecule has 0 bridgehead atoms. The number of hydrogen-bond donors (Lipinski definition) is 2. The molecular weight excluding hydrogens is 354 g/mol. The predicted molar refractivity (Wildman–Crippen MR) is 109 cm³/mol. The second-order valence-corrected chi connectivity index (χ2v) is 7.66. The highest BCUT2D eigenvalue weighted by Crippen LogP contribution is 2.38. The normalized spacial score (nSPS) is 17.0. The summed E-state index contributed by atoms with van der Waals surface area (Å²) in [7, 11) is 0. The molecule has 0 unspecified atom stereocenters. The molecule has 0 atom stereocenters. The number of ether oxygens (including phenoxy) is 1. The number of nitrogens with zero attached hydrogens (tertiary/aromatic N) is 3. The smallest absolute Gasteiger partial charge is 0.247 e. The summed E-state index contributed by atoms with van der Waals surface area (Å²) in [4.78, 5) is 16.5. The van der Waals surface area contributed by atoms with E-state index in [0.717, 1.165) is 41.5 Å². The number of rotatable bonds is 2. The average molecular weight is 379 g/mol. The van der Waals surface area contributed by atoms with Gasteiger partial charge < -0.3 is 15.4 Å². The van der Waals surface area contributed by atoms with Gasteiger partial charge in [-0.2, -0.15) is 4.98 Å². The van der Waals surface area contributed by atoms with E-state index in [9.17, 15) is 4.79 Å². The first-order valence-electron chi connectivity index (χ1n) is 9.58. The third-order valence-electron chi connectivity index (χ3n) is 5.14. The lowest BCUT2D eigenvalue weighted by Crippen LogP contribution is -2.26. The molecule has 0 saturated carbocycles. The van der Waals surface area contributed by atoms with Crippen LogP contribution in [-0.4, -0.2) is 33.7 Å². The van der Waals surface area contributed by atoms with Crippen LogP contribution in [0.4, 0.5) is 17.3 Å². The van der Waals surface area contributed by atoms with Gasteiger partial charge in [-0.05, 0) is 63.4 Å². The van der Waals surface area contributed by atoms with E-state index in [1.54, 1.807) is 4.52 Å². The van der Waals surface area contributed by atoms with E-state index in [1.807, 2.05) is 57.2 Å². The van der Waals surface area contributed by atoms with Crippen LogP contribution < -0.4 is 10.6 Å². The molecule has 28 heavy (non-hydrogen) atoms. The summed E-state index contributed by atoms with van der Waals surface area (Å²) in [6.45, 7) is 7.83. The van der Waals surface area contributed by atoms with Crippen molar-refractivity contribution in [1.82, 2.24) is 14.6 Å². The van der Waals surface area contributed by atoms with Crippen molar-refractivity contribution in [3.63, 3.8) is 0 Å². The Morgan fingerprint density at radius 3 is 2.64 bits per heavy atom. The van der Waals surface area contributed by atoms with E-state index in [2.05, 4.69) is 20.7 Å². The Morgan fingerprint density at radius 2 is 1.96 bits per heavy atom. The van der Waals surface area contributed by atoms with Crippen molar-refractivity contribution >= 4 is 28.9 Å². The zero-order valence-corrected chi connectivity index (χ0v) is 16.5. The number of benzene rings is 1. The molecule has 3 aromatic rings. The number of hydrogen-bond acceptors (Lipinski definition) is 5. The van der Waals surface area contributed by atoms with Gasteiger partial charge in [0.1, 0.15) is 0 Å².